The largest absolute Gasteiger partial charge is 0.496 e. The van der Waals surface area contributed by atoms with Crippen molar-refractivity contribution < 1.29 is 14.3 Å². The summed E-state index contributed by atoms with van der Waals surface area (Å²) in [6.07, 6.45) is 3.72. The van der Waals surface area contributed by atoms with Crippen LogP contribution in [0, 0.1) is 0 Å². The molecule has 1 aliphatic rings. The van der Waals surface area contributed by atoms with E-state index in [9.17, 15) is 9.59 Å². The zero-order valence-electron chi connectivity index (χ0n) is 16.8. The number of nitrogens with one attached hydrogen (secondary N) is 2. The van der Waals surface area contributed by atoms with E-state index in [0.29, 0.717) is 23.6 Å². The molecule has 0 atom stereocenters. The molecule has 1 aliphatic carbocycles. The summed E-state index contributed by atoms with van der Waals surface area (Å²) >= 11 is 0. The quantitative estimate of drug-likeness (QED) is 0.604. The van der Waals surface area contributed by atoms with Gasteiger partial charge in [-0.25, -0.2) is 0 Å². The minimum atomic E-state index is -0.346. The van der Waals surface area contributed by atoms with Crippen LogP contribution in [0.4, 0.5) is 0 Å². The van der Waals surface area contributed by atoms with Crippen LogP contribution < -0.4 is 15.4 Å². The van der Waals surface area contributed by atoms with E-state index in [4.69, 9.17) is 4.74 Å². The second kappa shape index (κ2) is 8.82. The normalized spacial score (nSPS) is 13.0. The van der Waals surface area contributed by atoms with E-state index >= 15 is 0 Å². The van der Waals surface area contributed by atoms with E-state index in [-0.39, 0.29) is 24.4 Å². The van der Waals surface area contributed by atoms with Crippen LogP contribution in [0.5, 0.6) is 5.75 Å². The lowest BCUT2D eigenvalue weighted by Gasteiger charge is -2.08. The molecule has 0 aliphatic heterocycles. The maximum absolute atomic E-state index is 12.9. The van der Waals surface area contributed by atoms with Crippen molar-refractivity contribution in [2.45, 2.75) is 25.4 Å². The molecular formula is C23H24N4O3. The minimum absolute atomic E-state index is 0.0649. The highest BCUT2D eigenvalue weighted by atomic mass is 16.5. The number of aromatic nitrogens is 2. The summed E-state index contributed by atoms with van der Waals surface area (Å²) in [6, 6.07) is 17.6. The number of hydrogen-bond donors (Lipinski definition) is 2. The molecule has 1 saturated carbocycles. The average Bonchev–Trinajstić information content (AvgIpc) is 3.49. The zero-order valence-corrected chi connectivity index (χ0v) is 16.8. The van der Waals surface area contributed by atoms with Crippen molar-refractivity contribution >= 4 is 11.8 Å². The molecule has 30 heavy (non-hydrogen) atoms. The van der Waals surface area contributed by atoms with Crippen LogP contribution in [-0.4, -0.2) is 41.3 Å². The number of nitrogens with zero attached hydrogens (tertiary/aromatic N) is 2. The van der Waals surface area contributed by atoms with Crippen LogP contribution in [0.1, 0.15) is 28.8 Å². The summed E-state index contributed by atoms with van der Waals surface area (Å²) in [6.45, 7) is 0.461. The fourth-order valence-electron chi connectivity index (χ4n) is 3.24. The molecule has 4 rings (SSSR count). The number of amides is 2. The Kier molecular flexibility index (Phi) is 5.79. The summed E-state index contributed by atoms with van der Waals surface area (Å²) in [4.78, 5) is 24.9. The van der Waals surface area contributed by atoms with E-state index < -0.39 is 0 Å². The first kappa shape index (κ1) is 19.7. The zero-order chi connectivity index (χ0) is 20.9. The van der Waals surface area contributed by atoms with Gasteiger partial charge in [-0.15, -0.1) is 0 Å². The molecule has 2 N–H and O–H groups in total. The molecule has 7 nitrogen and oxygen atoms in total. The third kappa shape index (κ3) is 4.68. The average molecular weight is 404 g/mol. The lowest BCUT2D eigenvalue weighted by atomic mass is 10.1. The highest BCUT2D eigenvalue weighted by Crippen LogP contribution is 2.31. The maximum atomic E-state index is 12.9. The number of rotatable bonds is 8. The molecule has 0 unspecified atom stereocenters. The van der Waals surface area contributed by atoms with Crippen LogP contribution in [0.15, 0.2) is 60.8 Å². The number of benzene rings is 2. The van der Waals surface area contributed by atoms with Crippen molar-refractivity contribution in [3.8, 4) is 17.0 Å². The molecule has 2 amide bonds. The van der Waals surface area contributed by atoms with Gasteiger partial charge in [0.15, 0.2) is 0 Å². The molecular weight excluding hydrogens is 380 g/mol. The first-order valence-corrected chi connectivity index (χ1v) is 9.96. The van der Waals surface area contributed by atoms with Crippen molar-refractivity contribution in [3.63, 3.8) is 0 Å². The Morgan fingerprint density at radius 3 is 2.57 bits per heavy atom. The van der Waals surface area contributed by atoms with Gasteiger partial charge in [-0.1, -0.05) is 42.5 Å². The van der Waals surface area contributed by atoms with Crippen LogP contribution >= 0.6 is 0 Å². The molecule has 3 aromatic rings. The van der Waals surface area contributed by atoms with Crippen molar-refractivity contribution in [3.05, 3.63) is 71.9 Å². The summed E-state index contributed by atoms with van der Waals surface area (Å²) in [5.41, 5.74) is 2.71. The predicted molar refractivity (Wildman–Crippen MR) is 113 cm³/mol. The van der Waals surface area contributed by atoms with Crippen LogP contribution in [0.3, 0.4) is 0 Å². The van der Waals surface area contributed by atoms with Crippen molar-refractivity contribution in [1.82, 2.24) is 20.4 Å². The standard InChI is InChI=1S/C23H24N4O3/c1-30-20-10-6-5-9-18(20)22-19(23(29)24-13-21(28)25-17-11-12-17)15-27(26-22)14-16-7-3-2-4-8-16/h2-10,15,17H,11-14H2,1H3,(H,24,29)(H,25,28). The summed E-state index contributed by atoms with van der Waals surface area (Å²) in [7, 11) is 1.59. The van der Waals surface area contributed by atoms with Gasteiger partial charge in [0.2, 0.25) is 5.91 Å². The molecule has 0 bridgehead atoms. The highest BCUT2D eigenvalue weighted by molar-refractivity contribution is 6.01. The van der Waals surface area contributed by atoms with Crippen molar-refractivity contribution in [2.24, 2.45) is 0 Å². The van der Waals surface area contributed by atoms with Crippen LogP contribution in [0.25, 0.3) is 11.3 Å². The lowest BCUT2D eigenvalue weighted by Crippen LogP contribution is -2.37. The summed E-state index contributed by atoms with van der Waals surface area (Å²) in [5.74, 6) is 0.102. The molecule has 1 aromatic heterocycles. The van der Waals surface area contributed by atoms with Gasteiger partial charge in [-0.05, 0) is 30.5 Å². The van der Waals surface area contributed by atoms with Crippen molar-refractivity contribution in [1.29, 1.82) is 0 Å². The van der Waals surface area contributed by atoms with E-state index in [2.05, 4.69) is 15.7 Å². The van der Waals surface area contributed by atoms with Crippen molar-refractivity contribution in [2.75, 3.05) is 13.7 Å². The Morgan fingerprint density at radius 1 is 1.10 bits per heavy atom. The molecule has 2 aromatic carbocycles. The van der Waals surface area contributed by atoms with Gasteiger partial charge in [0, 0.05) is 17.8 Å². The lowest BCUT2D eigenvalue weighted by molar-refractivity contribution is -0.120. The molecule has 154 valence electrons. The van der Waals surface area contributed by atoms with Gasteiger partial charge in [-0.3, -0.25) is 14.3 Å². The van der Waals surface area contributed by atoms with Gasteiger partial charge in [0.1, 0.15) is 11.4 Å². The third-order valence-corrected chi connectivity index (χ3v) is 4.91. The number of ether oxygens (including phenoxy) is 1. The Bertz CT molecular complexity index is 1040. The van der Waals surface area contributed by atoms with Gasteiger partial charge in [-0.2, -0.15) is 5.10 Å². The van der Waals surface area contributed by atoms with E-state index in [1.54, 1.807) is 18.0 Å². The van der Waals surface area contributed by atoms with Crippen LogP contribution in [0.2, 0.25) is 0 Å². The maximum Gasteiger partial charge on any atom is 0.255 e. The highest BCUT2D eigenvalue weighted by Gasteiger charge is 2.24. The first-order chi connectivity index (χ1) is 14.6. The molecule has 1 heterocycles. The number of hydrogen-bond acceptors (Lipinski definition) is 4. The number of para-hydroxylation sites is 1. The number of carbonyl (C=O) groups excluding carboxylic acids is 2. The van der Waals surface area contributed by atoms with E-state index in [1.807, 2.05) is 54.6 Å². The molecule has 7 heteroatoms. The molecule has 0 radical (unpaired) electrons. The Hall–Kier alpha value is -3.61. The van der Waals surface area contributed by atoms with Gasteiger partial charge in [0.05, 0.1) is 25.8 Å². The molecule has 0 saturated heterocycles. The first-order valence-electron chi connectivity index (χ1n) is 9.96. The minimum Gasteiger partial charge on any atom is -0.496 e. The summed E-state index contributed by atoms with van der Waals surface area (Å²) < 4.78 is 7.20. The molecule has 0 spiro atoms. The predicted octanol–water partition coefficient (Wildman–Crippen LogP) is 2.62. The third-order valence-electron chi connectivity index (χ3n) is 4.91. The molecule has 1 fully saturated rings. The number of carbonyl (C=O) groups is 2. The Balaban J connectivity index is 1.60. The fourth-order valence-corrected chi connectivity index (χ4v) is 3.24. The fraction of sp³-hybridized carbons (Fsp3) is 0.261. The monoisotopic (exact) mass is 404 g/mol. The smallest absolute Gasteiger partial charge is 0.255 e. The Labute approximate surface area is 175 Å². The second-order valence-corrected chi connectivity index (χ2v) is 7.30. The van der Waals surface area contributed by atoms with E-state index in [1.165, 1.54) is 0 Å². The van der Waals surface area contributed by atoms with E-state index in [0.717, 1.165) is 24.0 Å². The van der Waals surface area contributed by atoms with Crippen LogP contribution in [-0.2, 0) is 11.3 Å². The SMILES string of the molecule is COc1ccccc1-c1nn(Cc2ccccc2)cc1C(=O)NCC(=O)NC1CC1. The van der Waals surface area contributed by atoms with Gasteiger partial charge >= 0.3 is 0 Å². The Morgan fingerprint density at radius 2 is 1.83 bits per heavy atom. The topological polar surface area (TPSA) is 85.2 Å². The summed E-state index contributed by atoms with van der Waals surface area (Å²) in [5, 5.41) is 10.2. The second-order valence-electron chi connectivity index (χ2n) is 7.30. The van der Waals surface area contributed by atoms with Gasteiger partial charge < -0.3 is 15.4 Å². The number of methoxy groups -OCH3 is 1. The van der Waals surface area contributed by atoms with Gasteiger partial charge in [0.25, 0.3) is 5.91 Å².